The third-order valence-corrected chi connectivity index (χ3v) is 2.66. The van der Waals surface area contributed by atoms with Gasteiger partial charge in [-0.1, -0.05) is 6.07 Å². The highest BCUT2D eigenvalue weighted by Gasteiger charge is 2.25. The van der Waals surface area contributed by atoms with Crippen molar-refractivity contribution in [2.45, 2.75) is 6.54 Å². The number of aromatic nitrogens is 2. The standard InChI is InChI=1S/C12H7FN4O4/c13-9-3-7(4-14)1-2-8(9)5-16-6-10(17(20)21)11(15-16)12(18)19/h1-3,6H,5H2,(H,18,19). The maximum Gasteiger partial charge on any atom is 0.363 e. The number of carboxylic acids is 1. The molecule has 1 aromatic heterocycles. The second kappa shape index (κ2) is 5.38. The summed E-state index contributed by atoms with van der Waals surface area (Å²) in [6, 6.07) is 5.51. The second-order valence-corrected chi connectivity index (χ2v) is 4.04. The highest BCUT2D eigenvalue weighted by atomic mass is 19.1. The molecule has 0 fully saturated rings. The molecule has 9 heteroatoms. The van der Waals surface area contributed by atoms with Gasteiger partial charge in [0.2, 0.25) is 5.69 Å². The SMILES string of the molecule is N#Cc1ccc(Cn2cc([N+](=O)[O-])c(C(=O)O)n2)c(F)c1. The first-order valence-electron chi connectivity index (χ1n) is 5.56. The van der Waals surface area contributed by atoms with E-state index >= 15 is 0 Å². The van der Waals surface area contributed by atoms with E-state index in [1.807, 2.05) is 0 Å². The molecule has 0 atom stereocenters. The molecule has 2 aromatic rings. The van der Waals surface area contributed by atoms with Gasteiger partial charge in [0, 0.05) is 5.56 Å². The summed E-state index contributed by atoms with van der Waals surface area (Å²) < 4.78 is 14.7. The average Bonchev–Trinajstić information content (AvgIpc) is 2.85. The zero-order valence-corrected chi connectivity index (χ0v) is 10.4. The van der Waals surface area contributed by atoms with Crippen molar-refractivity contribution in [1.29, 1.82) is 5.26 Å². The van der Waals surface area contributed by atoms with Crippen molar-refractivity contribution in [1.82, 2.24) is 9.78 Å². The van der Waals surface area contributed by atoms with Crippen molar-refractivity contribution in [2.24, 2.45) is 0 Å². The van der Waals surface area contributed by atoms with E-state index < -0.39 is 28.1 Å². The Kier molecular flexibility index (Phi) is 3.62. The molecule has 0 aliphatic rings. The zero-order valence-electron chi connectivity index (χ0n) is 10.4. The molecule has 21 heavy (non-hydrogen) atoms. The molecule has 1 heterocycles. The van der Waals surface area contributed by atoms with E-state index in [9.17, 15) is 19.3 Å². The molecule has 8 nitrogen and oxygen atoms in total. The highest BCUT2D eigenvalue weighted by molar-refractivity contribution is 5.89. The van der Waals surface area contributed by atoms with Gasteiger partial charge >= 0.3 is 11.7 Å². The van der Waals surface area contributed by atoms with E-state index in [-0.39, 0.29) is 17.7 Å². The monoisotopic (exact) mass is 290 g/mol. The molecule has 2 rings (SSSR count). The minimum Gasteiger partial charge on any atom is -0.476 e. The summed E-state index contributed by atoms with van der Waals surface area (Å²) in [6.07, 6.45) is 0.918. The van der Waals surface area contributed by atoms with E-state index in [0.29, 0.717) is 0 Å². The van der Waals surface area contributed by atoms with E-state index in [2.05, 4.69) is 5.10 Å². The van der Waals surface area contributed by atoms with Crippen molar-refractivity contribution in [2.75, 3.05) is 0 Å². The number of nitrogens with zero attached hydrogens (tertiary/aromatic N) is 4. The van der Waals surface area contributed by atoms with Crippen LogP contribution >= 0.6 is 0 Å². The number of benzene rings is 1. The minimum atomic E-state index is -1.54. The predicted octanol–water partition coefficient (Wildman–Crippen LogP) is 1.55. The summed E-state index contributed by atoms with van der Waals surface area (Å²) in [7, 11) is 0. The van der Waals surface area contributed by atoms with Crippen LogP contribution in [-0.4, -0.2) is 25.8 Å². The van der Waals surface area contributed by atoms with Crippen LogP contribution in [0.1, 0.15) is 21.6 Å². The van der Waals surface area contributed by atoms with Gasteiger partial charge in [-0.15, -0.1) is 0 Å². The maximum absolute atomic E-state index is 13.7. The highest BCUT2D eigenvalue weighted by Crippen LogP contribution is 2.18. The van der Waals surface area contributed by atoms with Crippen LogP contribution in [0.3, 0.4) is 0 Å². The molecule has 106 valence electrons. The molecule has 0 unspecified atom stereocenters. The summed E-state index contributed by atoms with van der Waals surface area (Å²) >= 11 is 0. The predicted molar refractivity (Wildman–Crippen MR) is 66.1 cm³/mol. The van der Waals surface area contributed by atoms with Gasteiger partial charge in [-0.3, -0.25) is 14.8 Å². The molecule has 0 saturated carbocycles. The van der Waals surface area contributed by atoms with Crippen LogP contribution in [0.4, 0.5) is 10.1 Å². The molecule has 0 saturated heterocycles. The van der Waals surface area contributed by atoms with Crippen LogP contribution < -0.4 is 0 Å². The smallest absolute Gasteiger partial charge is 0.363 e. The van der Waals surface area contributed by atoms with E-state index in [1.54, 1.807) is 6.07 Å². The van der Waals surface area contributed by atoms with Crippen LogP contribution in [0, 0.1) is 27.3 Å². The molecular formula is C12H7FN4O4. The first-order chi connectivity index (χ1) is 9.92. The number of aromatic carboxylic acids is 1. The maximum atomic E-state index is 13.7. The molecule has 0 spiro atoms. The van der Waals surface area contributed by atoms with Gasteiger partial charge in [-0.25, -0.2) is 9.18 Å². The summed E-state index contributed by atoms with van der Waals surface area (Å²) in [6.45, 7) is -0.189. The van der Waals surface area contributed by atoms with E-state index in [1.165, 1.54) is 12.1 Å². The van der Waals surface area contributed by atoms with Gasteiger partial charge in [0.05, 0.1) is 23.1 Å². The van der Waals surface area contributed by atoms with Gasteiger partial charge < -0.3 is 5.11 Å². The number of nitro groups is 1. The van der Waals surface area contributed by atoms with Crippen molar-refractivity contribution in [3.8, 4) is 6.07 Å². The molecule has 0 aliphatic heterocycles. The first-order valence-corrected chi connectivity index (χ1v) is 5.56. The third kappa shape index (κ3) is 2.84. The molecule has 1 N–H and O–H groups in total. The van der Waals surface area contributed by atoms with Crippen LogP contribution in [0.25, 0.3) is 0 Å². The van der Waals surface area contributed by atoms with Gasteiger partial charge in [-0.05, 0) is 12.1 Å². The Morgan fingerprint density at radius 2 is 2.29 bits per heavy atom. The molecule has 0 radical (unpaired) electrons. The number of hydrogen-bond acceptors (Lipinski definition) is 5. The minimum absolute atomic E-state index is 0.128. The number of nitriles is 1. The van der Waals surface area contributed by atoms with Gasteiger partial charge in [0.1, 0.15) is 12.0 Å². The fraction of sp³-hybridized carbons (Fsp3) is 0.0833. The first kappa shape index (κ1) is 14.1. The number of carbonyl (C=O) groups is 1. The molecule has 0 amide bonds. The van der Waals surface area contributed by atoms with Crippen molar-refractivity contribution < 1.29 is 19.2 Å². The largest absolute Gasteiger partial charge is 0.476 e. The van der Waals surface area contributed by atoms with Crippen LogP contribution in [0.15, 0.2) is 24.4 Å². The molecule has 0 bridgehead atoms. The average molecular weight is 290 g/mol. The number of hydrogen-bond donors (Lipinski definition) is 1. The van der Waals surface area contributed by atoms with E-state index in [0.717, 1.165) is 16.9 Å². The van der Waals surface area contributed by atoms with Gasteiger partial charge in [-0.2, -0.15) is 10.4 Å². The van der Waals surface area contributed by atoms with Crippen LogP contribution in [0.2, 0.25) is 0 Å². The van der Waals surface area contributed by atoms with E-state index in [4.69, 9.17) is 10.4 Å². The number of carboxylic acid groups (broad SMARTS) is 1. The van der Waals surface area contributed by atoms with Crippen molar-refractivity contribution in [3.63, 3.8) is 0 Å². The van der Waals surface area contributed by atoms with Crippen molar-refractivity contribution >= 4 is 11.7 Å². The third-order valence-electron chi connectivity index (χ3n) is 2.66. The summed E-state index contributed by atoms with van der Waals surface area (Å²) in [4.78, 5) is 20.7. The summed E-state index contributed by atoms with van der Waals surface area (Å²) in [5, 5.41) is 31.7. The fourth-order valence-electron chi connectivity index (χ4n) is 1.70. The Labute approximate surface area is 116 Å². The van der Waals surface area contributed by atoms with Crippen molar-refractivity contribution in [3.05, 3.63) is 57.1 Å². The second-order valence-electron chi connectivity index (χ2n) is 4.04. The normalized spacial score (nSPS) is 10.1. The lowest BCUT2D eigenvalue weighted by Crippen LogP contribution is -2.05. The number of halogens is 1. The Morgan fingerprint density at radius 3 is 2.76 bits per heavy atom. The topological polar surface area (TPSA) is 122 Å². The molecule has 1 aromatic carbocycles. The van der Waals surface area contributed by atoms with Gasteiger partial charge in [0.15, 0.2) is 0 Å². The zero-order chi connectivity index (χ0) is 15.6. The lowest BCUT2D eigenvalue weighted by Gasteiger charge is -2.03. The Hall–Kier alpha value is -3.28. The number of rotatable bonds is 4. The lowest BCUT2D eigenvalue weighted by atomic mass is 10.1. The summed E-state index contributed by atoms with van der Waals surface area (Å²) in [5.74, 6) is -2.22. The van der Waals surface area contributed by atoms with Gasteiger partial charge in [0.25, 0.3) is 0 Å². The molecule has 0 aliphatic carbocycles. The molecular weight excluding hydrogens is 283 g/mol. The quantitative estimate of drug-likeness (QED) is 0.673. The van der Waals surface area contributed by atoms with Crippen LogP contribution in [-0.2, 0) is 6.54 Å². The Bertz CT molecular complexity index is 747. The Morgan fingerprint density at radius 1 is 1.57 bits per heavy atom. The fourth-order valence-corrected chi connectivity index (χ4v) is 1.70. The Balaban J connectivity index is 2.37. The lowest BCUT2D eigenvalue weighted by molar-refractivity contribution is -0.385. The van der Waals surface area contributed by atoms with Crippen LogP contribution in [0.5, 0.6) is 0 Å². The summed E-state index contributed by atoms with van der Waals surface area (Å²) in [5.41, 5.74) is -1.12.